The van der Waals surface area contributed by atoms with E-state index in [2.05, 4.69) is 10.2 Å². The molecular weight excluding hydrogens is 290 g/mol. The first-order chi connectivity index (χ1) is 8.38. The van der Waals surface area contributed by atoms with Crippen LogP contribution >= 0.6 is 23.6 Å². The summed E-state index contributed by atoms with van der Waals surface area (Å²) in [4.78, 5) is 0.961. The van der Waals surface area contributed by atoms with Crippen LogP contribution in [0.25, 0.3) is 10.7 Å². The fourth-order valence-electron chi connectivity index (χ4n) is 1.81. The summed E-state index contributed by atoms with van der Waals surface area (Å²) in [6, 6.07) is 3.60. The minimum atomic E-state index is -3.06. The number of rotatable bonds is 4. The average Bonchev–Trinajstić information content (AvgIpc) is 2.82. The lowest BCUT2D eigenvalue weighted by atomic mass is 10.3. The van der Waals surface area contributed by atoms with Crippen LogP contribution in [0.5, 0.6) is 0 Å². The molecule has 0 aromatic carbocycles. The standard InChI is InChI=1S/C10H13N3O2S3/c1-7(6-18(2,14)15)13-9(11-12-10(13)16)8-4-3-5-17-8/h3-5,7H,6H2,1-2H3,(H,12,16). The third-order valence-corrected chi connectivity index (χ3v) is 4.67. The molecule has 8 heteroatoms. The van der Waals surface area contributed by atoms with Crippen molar-refractivity contribution in [1.82, 2.24) is 14.8 Å². The number of sulfone groups is 1. The number of thiophene rings is 1. The number of H-pyrrole nitrogens is 1. The van der Waals surface area contributed by atoms with Gasteiger partial charge in [-0.15, -0.1) is 11.3 Å². The molecule has 0 spiro atoms. The number of hydrogen-bond acceptors (Lipinski definition) is 5. The van der Waals surface area contributed by atoms with Crippen molar-refractivity contribution in [1.29, 1.82) is 0 Å². The van der Waals surface area contributed by atoms with Crippen LogP contribution in [-0.2, 0) is 9.84 Å². The highest BCUT2D eigenvalue weighted by Crippen LogP contribution is 2.25. The van der Waals surface area contributed by atoms with Crippen molar-refractivity contribution in [3.05, 3.63) is 22.3 Å². The monoisotopic (exact) mass is 303 g/mol. The Hall–Kier alpha value is -0.990. The zero-order valence-corrected chi connectivity index (χ0v) is 12.4. The van der Waals surface area contributed by atoms with Crippen molar-refractivity contribution in [3.8, 4) is 10.7 Å². The van der Waals surface area contributed by atoms with Gasteiger partial charge in [-0.1, -0.05) is 6.07 Å². The predicted molar refractivity (Wildman–Crippen MR) is 75.1 cm³/mol. The van der Waals surface area contributed by atoms with Gasteiger partial charge >= 0.3 is 0 Å². The van der Waals surface area contributed by atoms with Crippen LogP contribution in [0.15, 0.2) is 17.5 Å². The Morgan fingerprint density at radius 3 is 2.89 bits per heavy atom. The van der Waals surface area contributed by atoms with Crippen LogP contribution in [-0.4, -0.2) is 35.2 Å². The molecule has 1 atom stereocenters. The van der Waals surface area contributed by atoms with Crippen LogP contribution < -0.4 is 0 Å². The largest absolute Gasteiger partial charge is 0.296 e. The number of nitrogens with one attached hydrogen (secondary N) is 1. The van der Waals surface area contributed by atoms with Crippen LogP contribution in [0.2, 0.25) is 0 Å². The molecule has 98 valence electrons. The molecule has 0 saturated heterocycles. The molecule has 0 aliphatic rings. The van der Waals surface area contributed by atoms with Crippen LogP contribution in [0, 0.1) is 4.77 Å². The second-order valence-corrected chi connectivity index (χ2v) is 7.66. The molecule has 5 nitrogen and oxygen atoms in total. The molecule has 18 heavy (non-hydrogen) atoms. The van der Waals surface area contributed by atoms with Crippen molar-refractivity contribution in [2.45, 2.75) is 13.0 Å². The Kier molecular flexibility index (Phi) is 3.69. The van der Waals surface area contributed by atoms with Gasteiger partial charge in [0, 0.05) is 12.3 Å². The van der Waals surface area contributed by atoms with E-state index in [1.807, 2.05) is 24.4 Å². The lowest BCUT2D eigenvalue weighted by Gasteiger charge is -2.13. The highest BCUT2D eigenvalue weighted by atomic mass is 32.2. The number of hydrogen-bond donors (Lipinski definition) is 1. The van der Waals surface area contributed by atoms with Gasteiger partial charge in [-0.25, -0.2) is 8.42 Å². The van der Waals surface area contributed by atoms with Crippen molar-refractivity contribution in [3.63, 3.8) is 0 Å². The zero-order valence-electron chi connectivity index (χ0n) is 9.95. The molecule has 0 amide bonds. The van der Waals surface area contributed by atoms with Crippen molar-refractivity contribution < 1.29 is 8.42 Å². The smallest absolute Gasteiger partial charge is 0.195 e. The third-order valence-electron chi connectivity index (χ3n) is 2.43. The Morgan fingerprint density at radius 2 is 2.33 bits per heavy atom. The molecule has 2 rings (SSSR count). The maximum Gasteiger partial charge on any atom is 0.195 e. The lowest BCUT2D eigenvalue weighted by molar-refractivity contribution is 0.560. The normalized spacial score (nSPS) is 13.7. The van der Waals surface area contributed by atoms with Gasteiger partial charge in [0.05, 0.1) is 10.6 Å². The molecule has 0 aliphatic carbocycles. The Balaban J connectivity index is 2.45. The van der Waals surface area contributed by atoms with Gasteiger partial charge in [-0.3, -0.25) is 9.67 Å². The van der Waals surface area contributed by atoms with Crippen LogP contribution in [0.1, 0.15) is 13.0 Å². The Morgan fingerprint density at radius 1 is 1.61 bits per heavy atom. The van der Waals surface area contributed by atoms with E-state index in [4.69, 9.17) is 12.2 Å². The summed E-state index contributed by atoms with van der Waals surface area (Å²) in [6.45, 7) is 1.82. The van der Waals surface area contributed by atoms with Gasteiger partial charge in [0.2, 0.25) is 0 Å². The quantitative estimate of drug-likeness (QED) is 0.880. The molecule has 0 saturated carbocycles. The Bertz CT molecular complexity index is 682. The van der Waals surface area contributed by atoms with Crippen LogP contribution in [0.3, 0.4) is 0 Å². The van der Waals surface area contributed by atoms with E-state index in [0.29, 0.717) is 10.6 Å². The molecule has 0 radical (unpaired) electrons. The fourth-order valence-corrected chi connectivity index (χ4v) is 3.85. The van der Waals surface area contributed by atoms with Gasteiger partial charge in [-0.2, -0.15) is 5.10 Å². The summed E-state index contributed by atoms with van der Waals surface area (Å²) < 4.78 is 24.9. The maximum atomic E-state index is 11.4. The summed E-state index contributed by atoms with van der Waals surface area (Å²) in [6.07, 6.45) is 1.22. The minimum absolute atomic E-state index is 0.0409. The van der Waals surface area contributed by atoms with Crippen molar-refractivity contribution in [2.75, 3.05) is 12.0 Å². The van der Waals surface area contributed by atoms with E-state index in [0.717, 1.165) is 4.88 Å². The highest BCUT2D eigenvalue weighted by Gasteiger charge is 2.18. The molecule has 2 aromatic rings. The minimum Gasteiger partial charge on any atom is -0.296 e. The summed E-state index contributed by atoms with van der Waals surface area (Å²) in [5, 5.41) is 8.83. The van der Waals surface area contributed by atoms with Gasteiger partial charge in [0.15, 0.2) is 10.6 Å². The third kappa shape index (κ3) is 2.88. The van der Waals surface area contributed by atoms with E-state index in [1.165, 1.54) is 17.6 Å². The number of aromatic amines is 1. The number of nitrogens with zero attached hydrogens (tertiary/aromatic N) is 2. The second-order valence-electron chi connectivity index (χ2n) is 4.14. The maximum absolute atomic E-state index is 11.4. The van der Waals surface area contributed by atoms with Gasteiger partial charge < -0.3 is 0 Å². The topological polar surface area (TPSA) is 67.8 Å². The van der Waals surface area contributed by atoms with Gasteiger partial charge in [-0.05, 0) is 30.6 Å². The molecule has 0 bridgehead atoms. The van der Waals surface area contributed by atoms with E-state index in [9.17, 15) is 8.42 Å². The van der Waals surface area contributed by atoms with Crippen LogP contribution in [0.4, 0.5) is 0 Å². The first kappa shape index (κ1) is 13.4. The predicted octanol–water partition coefficient (Wildman–Crippen LogP) is 2.27. The Labute approximate surface area is 114 Å². The van der Waals surface area contributed by atoms with Crippen molar-refractivity contribution >= 4 is 33.4 Å². The van der Waals surface area contributed by atoms with E-state index < -0.39 is 9.84 Å². The molecule has 2 aromatic heterocycles. The summed E-state index contributed by atoms with van der Waals surface area (Å²) in [5.74, 6) is 0.727. The van der Waals surface area contributed by atoms with E-state index in [1.54, 1.807) is 4.57 Å². The first-order valence-electron chi connectivity index (χ1n) is 5.27. The van der Waals surface area contributed by atoms with E-state index in [-0.39, 0.29) is 11.8 Å². The summed E-state index contributed by atoms with van der Waals surface area (Å²) in [7, 11) is -3.06. The highest BCUT2D eigenvalue weighted by molar-refractivity contribution is 7.90. The fraction of sp³-hybridized carbons (Fsp3) is 0.400. The van der Waals surface area contributed by atoms with E-state index >= 15 is 0 Å². The summed E-state index contributed by atoms with van der Waals surface area (Å²) in [5.41, 5.74) is 0. The molecule has 0 aliphatic heterocycles. The molecule has 1 N–H and O–H groups in total. The molecule has 2 heterocycles. The first-order valence-corrected chi connectivity index (χ1v) is 8.62. The average molecular weight is 303 g/mol. The zero-order chi connectivity index (χ0) is 13.3. The number of aromatic nitrogens is 3. The molecular formula is C10H13N3O2S3. The molecule has 1 unspecified atom stereocenters. The lowest BCUT2D eigenvalue weighted by Crippen LogP contribution is -2.17. The molecule has 0 fully saturated rings. The SMILES string of the molecule is CC(CS(C)(=O)=O)n1c(-c2cccs2)n[nH]c1=S. The summed E-state index contributed by atoms with van der Waals surface area (Å²) >= 11 is 6.71. The second kappa shape index (κ2) is 4.94. The van der Waals surface area contributed by atoms with Gasteiger partial charge in [0.25, 0.3) is 0 Å². The van der Waals surface area contributed by atoms with Gasteiger partial charge in [0.1, 0.15) is 9.84 Å². The van der Waals surface area contributed by atoms with Crippen molar-refractivity contribution in [2.24, 2.45) is 0 Å².